The Bertz CT molecular complexity index is 23.0. The SMILES string of the molecule is C[Si](C)(C)C.[Na]. The van der Waals surface area contributed by atoms with Crippen LogP contribution in [0.25, 0.3) is 0 Å². The molecule has 0 atom stereocenters. The van der Waals surface area contributed by atoms with E-state index in [1.165, 1.54) is 0 Å². The van der Waals surface area contributed by atoms with Crippen molar-refractivity contribution in [3.8, 4) is 0 Å². The summed E-state index contributed by atoms with van der Waals surface area (Å²) < 4.78 is 0. The van der Waals surface area contributed by atoms with Gasteiger partial charge in [0.05, 0.1) is 0 Å². The smallest absolute Gasteiger partial charge is 0.0411 e. The van der Waals surface area contributed by atoms with Crippen molar-refractivity contribution in [2.45, 2.75) is 26.2 Å². The molecule has 1 radical (unpaired) electrons. The first-order valence-corrected chi connectivity index (χ1v) is 6.00. The van der Waals surface area contributed by atoms with Crippen LogP contribution in [0.4, 0.5) is 0 Å². The van der Waals surface area contributed by atoms with Gasteiger partial charge < -0.3 is 0 Å². The minimum Gasteiger partial charge on any atom is -0.0697 e. The number of hydrogen-bond acceptors (Lipinski definition) is 0. The van der Waals surface area contributed by atoms with Gasteiger partial charge >= 0.3 is 0 Å². The van der Waals surface area contributed by atoms with Crippen molar-refractivity contribution in [1.29, 1.82) is 0 Å². The van der Waals surface area contributed by atoms with Crippen molar-refractivity contribution in [1.82, 2.24) is 0 Å². The summed E-state index contributed by atoms with van der Waals surface area (Å²) in [5, 5.41) is 0. The van der Waals surface area contributed by atoms with E-state index in [1.54, 1.807) is 0 Å². The fourth-order valence-electron chi connectivity index (χ4n) is 0. The van der Waals surface area contributed by atoms with E-state index < -0.39 is 8.07 Å². The van der Waals surface area contributed by atoms with E-state index in [-0.39, 0.29) is 29.6 Å². The summed E-state index contributed by atoms with van der Waals surface area (Å²) in [6.07, 6.45) is 0. The first-order valence-electron chi connectivity index (χ1n) is 2.00. The molecular weight excluding hydrogens is 99.1 g/mol. The second-order valence-corrected chi connectivity index (χ2v) is 9.00. The van der Waals surface area contributed by atoms with Gasteiger partial charge in [-0.05, 0) is 0 Å². The van der Waals surface area contributed by atoms with Crippen molar-refractivity contribution >= 4 is 37.6 Å². The normalized spacial score (nSPS) is 10.0. The van der Waals surface area contributed by atoms with Crippen LogP contribution in [0.5, 0.6) is 0 Å². The Hall–Kier alpha value is 1.22. The largest absolute Gasteiger partial charge is 0.0697 e. The van der Waals surface area contributed by atoms with Gasteiger partial charge in [-0.25, -0.2) is 0 Å². The van der Waals surface area contributed by atoms with Gasteiger partial charge in [-0.15, -0.1) is 0 Å². The minimum absolute atomic E-state index is 0. The van der Waals surface area contributed by atoms with Crippen LogP contribution in [0.15, 0.2) is 0 Å². The Kier molecular flexibility index (Phi) is 5.55. The summed E-state index contributed by atoms with van der Waals surface area (Å²) >= 11 is 0. The summed E-state index contributed by atoms with van der Waals surface area (Å²) in [7, 11) is -0.611. The standard InChI is InChI=1S/C4H12Si.Na/c1-5(2,3)4;/h1-4H3;. The first kappa shape index (κ1) is 10.2. The van der Waals surface area contributed by atoms with Crippen molar-refractivity contribution < 1.29 is 0 Å². The van der Waals surface area contributed by atoms with E-state index in [4.69, 9.17) is 0 Å². The maximum Gasteiger partial charge on any atom is 0.0411 e. The molecule has 0 bridgehead atoms. The first-order chi connectivity index (χ1) is 2.00. The zero-order valence-corrected chi connectivity index (χ0v) is 8.50. The molecule has 0 aromatic heterocycles. The van der Waals surface area contributed by atoms with E-state index in [9.17, 15) is 0 Å². The molecule has 0 aliphatic rings. The molecule has 0 aliphatic heterocycles. The molecule has 0 aliphatic carbocycles. The quantitative estimate of drug-likeness (QED) is 0.416. The molecule has 0 saturated heterocycles. The zero-order valence-electron chi connectivity index (χ0n) is 5.50. The number of rotatable bonds is 0. The molecule has 2 heteroatoms. The van der Waals surface area contributed by atoms with Gasteiger partial charge in [0, 0.05) is 37.6 Å². The third kappa shape index (κ3) is 62.6. The molecule has 0 spiro atoms. The van der Waals surface area contributed by atoms with Crippen molar-refractivity contribution in [2.75, 3.05) is 0 Å². The molecule has 0 aromatic rings. The molecule has 0 heterocycles. The van der Waals surface area contributed by atoms with Crippen molar-refractivity contribution in [2.24, 2.45) is 0 Å². The minimum atomic E-state index is -0.611. The second kappa shape index (κ2) is 3.25. The number of hydrogen-bond donors (Lipinski definition) is 0. The van der Waals surface area contributed by atoms with Crippen LogP contribution in [-0.4, -0.2) is 37.6 Å². The molecule has 0 fully saturated rings. The second-order valence-electron chi connectivity index (χ2n) is 3.00. The Labute approximate surface area is 63.6 Å². The average Bonchev–Trinajstić information content (AvgIpc) is 0.722. The summed E-state index contributed by atoms with van der Waals surface area (Å²) in [5.41, 5.74) is 0. The van der Waals surface area contributed by atoms with Gasteiger partial charge in [0.2, 0.25) is 0 Å². The Morgan fingerprint density at radius 1 is 0.833 bits per heavy atom. The Morgan fingerprint density at radius 3 is 0.833 bits per heavy atom. The molecule has 0 saturated carbocycles. The van der Waals surface area contributed by atoms with Crippen molar-refractivity contribution in [3.05, 3.63) is 0 Å². The van der Waals surface area contributed by atoms with Gasteiger partial charge in [-0.2, -0.15) is 0 Å². The van der Waals surface area contributed by atoms with Crippen LogP contribution in [0, 0.1) is 0 Å². The molecule has 0 aromatic carbocycles. The predicted octanol–water partition coefficient (Wildman–Crippen LogP) is 1.57. The monoisotopic (exact) mass is 111 g/mol. The van der Waals surface area contributed by atoms with E-state index in [2.05, 4.69) is 26.2 Å². The summed E-state index contributed by atoms with van der Waals surface area (Å²) in [6, 6.07) is 0. The van der Waals surface area contributed by atoms with E-state index >= 15 is 0 Å². The summed E-state index contributed by atoms with van der Waals surface area (Å²) in [6.45, 7) is 9.31. The molecule has 0 unspecified atom stereocenters. The zero-order chi connectivity index (χ0) is 4.50. The van der Waals surface area contributed by atoms with Crippen LogP contribution in [0.3, 0.4) is 0 Å². The molecule has 0 N–H and O–H groups in total. The van der Waals surface area contributed by atoms with E-state index in [0.717, 1.165) is 0 Å². The van der Waals surface area contributed by atoms with Crippen LogP contribution >= 0.6 is 0 Å². The van der Waals surface area contributed by atoms with Crippen LogP contribution in [0.2, 0.25) is 26.2 Å². The molecule has 6 heavy (non-hydrogen) atoms. The van der Waals surface area contributed by atoms with Crippen LogP contribution < -0.4 is 0 Å². The topological polar surface area (TPSA) is 0 Å². The maximum absolute atomic E-state index is 2.33. The van der Waals surface area contributed by atoms with Gasteiger partial charge in [0.25, 0.3) is 0 Å². The third-order valence-corrected chi connectivity index (χ3v) is 0. The van der Waals surface area contributed by atoms with E-state index in [1.807, 2.05) is 0 Å². The Morgan fingerprint density at radius 2 is 0.833 bits per heavy atom. The average molecular weight is 111 g/mol. The Balaban J connectivity index is 0. The molecular formula is C4H12NaSi. The molecule has 33 valence electrons. The molecule has 0 rings (SSSR count). The van der Waals surface area contributed by atoms with Crippen LogP contribution in [-0.2, 0) is 0 Å². The van der Waals surface area contributed by atoms with Gasteiger partial charge in [0.15, 0.2) is 0 Å². The van der Waals surface area contributed by atoms with Crippen molar-refractivity contribution in [3.63, 3.8) is 0 Å². The predicted molar refractivity (Wildman–Crippen MR) is 35.0 cm³/mol. The fraction of sp³-hybridized carbons (Fsp3) is 1.00. The van der Waals surface area contributed by atoms with Crippen LogP contribution in [0.1, 0.15) is 0 Å². The third-order valence-electron chi connectivity index (χ3n) is 0. The fourth-order valence-corrected chi connectivity index (χ4v) is 0. The summed E-state index contributed by atoms with van der Waals surface area (Å²) in [5.74, 6) is 0. The van der Waals surface area contributed by atoms with Gasteiger partial charge in [-0.1, -0.05) is 26.2 Å². The maximum atomic E-state index is 2.33. The summed E-state index contributed by atoms with van der Waals surface area (Å²) in [4.78, 5) is 0. The molecule has 0 amide bonds. The van der Waals surface area contributed by atoms with Gasteiger partial charge in [-0.3, -0.25) is 0 Å². The molecule has 0 nitrogen and oxygen atoms in total. The van der Waals surface area contributed by atoms with E-state index in [0.29, 0.717) is 0 Å². The van der Waals surface area contributed by atoms with Gasteiger partial charge in [0.1, 0.15) is 0 Å².